The molecule has 1 heterocycles. The first-order valence-electron chi connectivity index (χ1n) is 8.59. The Morgan fingerprint density at radius 2 is 1.71 bits per heavy atom. The summed E-state index contributed by atoms with van der Waals surface area (Å²) in [7, 11) is 0. The molecule has 4 heteroatoms. The van der Waals surface area contributed by atoms with Gasteiger partial charge in [0.2, 0.25) is 0 Å². The first kappa shape index (κ1) is 16.6. The summed E-state index contributed by atoms with van der Waals surface area (Å²) in [6.45, 7) is 9.71. The quantitative estimate of drug-likeness (QED) is 0.866. The molecule has 2 aliphatic rings. The molecular weight excluding hydrogens is 264 g/mol. The van der Waals surface area contributed by atoms with E-state index in [1.165, 1.54) is 25.7 Å². The van der Waals surface area contributed by atoms with Gasteiger partial charge in [0.15, 0.2) is 0 Å². The molecule has 1 saturated carbocycles. The second-order valence-corrected chi connectivity index (χ2v) is 7.74. The zero-order valence-corrected chi connectivity index (χ0v) is 14.2. The second-order valence-electron chi connectivity index (χ2n) is 7.74. The number of carbonyl (C=O) groups excluding carboxylic acids is 1. The van der Waals surface area contributed by atoms with Crippen molar-refractivity contribution in [3.8, 4) is 0 Å². The maximum absolute atomic E-state index is 12.0. The number of ether oxygens (including phenoxy) is 1. The van der Waals surface area contributed by atoms with Crippen LogP contribution in [0.5, 0.6) is 0 Å². The number of hydrogen-bond acceptors (Lipinski definition) is 3. The van der Waals surface area contributed by atoms with Crippen molar-refractivity contribution in [1.29, 1.82) is 0 Å². The van der Waals surface area contributed by atoms with Crippen molar-refractivity contribution in [1.82, 2.24) is 10.2 Å². The van der Waals surface area contributed by atoms with E-state index in [2.05, 4.69) is 12.2 Å². The molecule has 1 saturated heterocycles. The lowest BCUT2D eigenvalue weighted by atomic mass is 9.96. The largest absolute Gasteiger partial charge is 0.444 e. The third-order valence-corrected chi connectivity index (χ3v) is 4.75. The van der Waals surface area contributed by atoms with E-state index < -0.39 is 5.60 Å². The van der Waals surface area contributed by atoms with E-state index in [0.29, 0.717) is 12.1 Å². The summed E-state index contributed by atoms with van der Waals surface area (Å²) < 4.78 is 5.44. The zero-order valence-electron chi connectivity index (χ0n) is 14.2. The van der Waals surface area contributed by atoms with Crippen LogP contribution in [0.2, 0.25) is 0 Å². The first-order valence-corrected chi connectivity index (χ1v) is 8.59. The topological polar surface area (TPSA) is 41.6 Å². The summed E-state index contributed by atoms with van der Waals surface area (Å²) >= 11 is 0. The number of piperidine rings is 1. The van der Waals surface area contributed by atoms with E-state index in [1.807, 2.05) is 25.7 Å². The van der Waals surface area contributed by atoms with E-state index in [1.54, 1.807) is 0 Å². The van der Waals surface area contributed by atoms with E-state index in [0.717, 1.165) is 31.8 Å². The molecule has 4 nitrogen and oxygen atoms in total. The average Bonchev–Trinajstić information content (AvgIpc) is 2.91. The minimum atomic E-state index is -0.400. The van der Waals surface area contributed by atoms with Gasteiger partial charge in [-0.15, -0.1) is 0 Å². The molecule has 1 aliphatic carbocycles. The molecule has 122 valence electrons. The Morgan fingerprint density at radius 3 is 2.24 bits per heavy atom. The van der Waals surface area contributed by atoms with Crippen LogP contribution in [0.25, 0.3) is 0 Å². The fraction of sp³-hybridized carbons (Fsp3) is 0.941. The van der Waals surface area contributed by atoms with Gasteiger partial charge in [0, 0.05) is 25.2 Å². The van der Waals surface area contributed by atoms with Crippen molar-refractivity contribution in [3.05, 3.63) is 0 Å². The van der Waals surface area contributed by atoms with Crippen molar-refractivity contribution in [2.45, 2.75) is 83.9 Å². The molecule has 2 rings (SSSR count). The maximum atomic E-state index is 12.0. The fourth-order valence-corrected chi connectivity index (χ4v) is 3.52. The van der Waals surface area contributed by atoms with Gasteiger partial charge < -0.3 is 15.0 Å². The molecule has 0 radical (unpaired) electrons. The molecule has 1 atom stereocenters. The number of nitrogens with zero attached hydrogens (tertiary/aromatic N) is 1. The van der Waals surface area contributed by atoms with Gasteiger partial charge in [0.25, 0.3) is 0 Å². The summed E-state index contributed by atoms with van der Waals surface area (Å²) in [5.74, 6) is 0.855. The molecule has 1 N–H and O–H groups in total. The predicted octanol–water partition coefficient (Wildman–Crippen LogP) is 3.55. The van der Waals surface area contributed by atoms with Crippen molar-refractivity contribution in [2.24, 2.45) is 5.92 Å². The molecule has 0 aromatic carbocycles. The van der Waals surface area contributed by atoms with E-state index in [4.69, 9.17) is 4.74 Å². The van der Waals surface area contributed by atoms with Gasteiger partial charge in [-0.2, -0.15) is 0 Å². The van der Waals surface area contributed by atoms with Crippen LogP contribution in [0.3, 0.4) is 0 Å². The third kappa shape index (κ3) is 5.17. The Hall–Kier alpha value is -0.770. The highest BCUT2D eigenvalue weighted by Gasteiger charge is 2.29. The molecule has 0 aromatic rings. The van der Waals surface area contributed by atoms with Gasteiger partial charge in [-0.25, -0.2) is 4.79 Å². The summed E-state index contributed by atoms with van der Waals surface area (Å²) in [6, 6.07) is 1.17. The van der Waals surface area contributed by atoms with Gasteiger partial charge in [0.05, 0.1) is 0 Å². The Labute approximate surface area is 129 Å². The molecule has 1 aliphatic heterocycles. The maximum Gasteiger partial charge on any atom is 0.410 e. The van der Waals surface area contributed by atoms with E-state index >= 15 is 0 Å². The van der Waals surface area contributed by atoms with Crippen molar-refractivity contribution < 1.29 is 9.53 Å². The van der Waals surface area contributed by atoms with Gasteiger partial charge in [-0.1, -0.05) is 12.8 Å². The van der Waals surface area contributed by atoms with Crippen LogP contribution in [-0.2, 0) is 4.74 Å². The fourth-order valence-electron chi connectivity index (χ4n) is 3.52. The third-order valence-electron chi connectivity index (χ3n) is 4.75. The van der Waals surface area contributed by atoms with Crippen LogP contribution in [0, 0.1) is 5.92 Å². The Kier molecular flexibility index (Phi) is 5.53. The summed E-state index contributed by atoms with van der Waals surface area (Å²) in [6.07, 6.45) is 7.47. The summed E-state index contributed by atoms with van der Waals surface area (Å²) in [5.41, 5.74) is -0.400. The first-order chi connectivity index (χ1) is 9.85. The van der Waals surface area contributed by atoms with Crippen LogP contribution < -0.4 is 5.32 Å². The Balaban J connectivity index is 1.71. The van der Waals surface area contributed by atoms with E-state index in [-0.39, 0.29) is 6.09 Å². The smallest absolute Gasteiger partial charge is 0.410 e. The lowest BCUT2D eigenvalue weighted by molar-refractivity contribution is 0.0194. The van der Waals surface area contributed by atoms with Gasteiger partial charge in [-0.3, -0.25) is 0 Å². The monoisotopic (exact) mass is 296 g/mol. The normalized spacial score (nSPS) is 23.3. The van der Waals surface area contributed by atoms with Gasteiger partial charge in [0.1, 0.15) is 5.60 Å². The lowest BCUT2D eigenvalue weighted by Crippen LogP contribution is -2.49. The standard InChI is InChI=1S/C17H32N2O2/c1-13(14-7-5-6-8-14)18-15-9-11-19(12-10-15)16(20)21-17(2,3)4/h13-15,18H,5-12H2,1-4H3/t13-/m1/s1. The average molecular weight is 296 g/mol. The molecule has 1 amide bonds. The van der Waals surface area contributed by atoms with Crippen LogP contribution in [0.4, 0.5) is 4.79 Å². The number of nitrogens with one attached hydrogen (secondary N) is 1. The number of hydrogen-bond donors (Lipinski definition) is 1. The Bertz CT molecular complexity index is 337. The minimum absolute atomic E-state index is 0.162. The molecule has 0 unspecified atom stereocenters. The molecule has 0 bridgehead atoms. The van der Waals surface area contributed by atoms with Crippen LogP contribution >= 0.6 is 0 Å². The highest BCUT2D eigenvalue weighted by Crippen LogP contribution is 2.28. The summed E-state index contributed by atoms with van der Waals surface area (Å²) in [4.78, 5) is 13.9. The van der Waals surface area contributed by atoms with Crippen molar-refractivity contribution >= 4 is 6.09 Å². The number of carbonyl (C=O) groups is 1. The second kappa shape index (κ2) is 6.99. The molecule has 0 spiro atoms. The van der Waals surface area contributed by atoms with Crippen LogP contribution in [0.1, 0.15) is 66.2 Å². The Morgan fingerprint density at radius 1 is 1.14 bits per heavy atom. The molecule has 21 heavy (non-hydrogen) atoms. The van der Waals surface area contributed by atoms with Crippen LogP contribution in [0.15, 0.2) is 0 Å². The van der Waals surface area contributed by atoms with Crippen molar-refractivity contribution in [3.63, 3.8) is 0 Å². The van der Waals surface area contributed by atoms with Gasteiger partial charge >= 0.3 is 6.09 Å². The molecule has 0 aromatic heterocycles. The predicted molar refractivity (Wildman–Crippen MR) is 85.4 cm³/mol. The SMILES string of the molecule is C[C@@H](NC1CCN(C(=O)OC(C)(C)C)CC1)C1CCCC1. The molecular formula is C17H32N2O2. The zero-order chi connectivity index (χ0) is 15.5. The number of likely N-dealkylation sites (tertiary alicyclic amines) is 1. The van der Waals surface area contributed by atoms with Crippen molar-refractivity contribution in [2.75, 3.05) is 13.1 Å². The minimum Gasteiger partial charge on any atom is -0.444 e. The van der Waals surface area contributed by atoms with E-state index in [9.17, 15) is 4.79 Å². The molecule has 2 fully saturated rings. The number of rotatable bonds is 3. The van der Waals surface area contributed by atoms with Crippen LogP contribution in [-0.4, -0.2) is 41.8 Å². The lowest BCUT2D eigenvalue weighted by Gasteiger charge is -2.35. The summed E-state index contributed by atoms with van der Waals surface area (Å²) in [5, 5.41) is 3.79. The highest BCUT2D eigenvalue weighted by atomic mass is 16.6. The number of amides is 1. The van der Waals surface area contributed by atoms with Gasteiger partial charge in [-0.05, 0) is 59.3 Å². The highest BCUT2D eigenvalue weighted by molar-refractivity contribution is 5.68.